The van der Waals surface area contributed by atoms with Crippen LogP contribution in [0.1, 0.15) is 63.9 Å². The highest BCUT2D eigenvalue weighted by molar-refractivity contribution is 5.84. The summed E-state index contributed by atoms with van der Waals surface area (Å²) in [6.07, 6.45) is 16.4. The molecule has 4 unspecified atom stereocenters. The van der Waals surface area contributed by atoms with Crippen molar-refractivity contribution >= 4 is 18.0 Å². The van der Waals surface area contributed by atoms with E-state index in [1.807, 2.05) is 12.2 Å². The maximum Gasteiger partial charge on any atom is 0.407 e. The van der Waals surface area contributed by atoms with Gasteiger partial charge in [-0.15, -0.1) is 0 Å². The Morgan fingerprint density at radius 2 is 1.25 bits per heavy atom. The summed E-state index contributed by atoms with van der Waals surface area (Å²) < 4.78 is 42.8. The van der Waals surface area contributed by atoms with Gasteiger partial charge in [0.05, 0.1) is 26.9 Å². The number of carbonyl (C=O) groups excluding carboxylic acids is 3. The van der Waals surface area contributed by atoms with Crippen LogP contribution in [0.4, 0.5) is 4.79 Å². The monoisotopic (exact) mass is 944 g/mol. The average molecular weight is 945 g/mol. The molecular weight excluding hydrogens is 873 g/mol. The number of hydrogen-bond acceptors (Lipinski definition) is 16. The molecule has 2 amide bonds. The van der Waals surface area contributed by atoms with Crippen molar-refractivity contribution in [1.29, 1.82) is 0 Å². The highest BCUT2D eigenvalue weighted by Crippen LogP contribution is 2.27. The summed E-state index contributed by atoms with van der Waals surface area (Å²) in [4.78, 5) is 38.0. The van der Waals surface area contributed by atoms with E-state index < -0.39 is 86.1 Å². The molecule has 0 aliphatic carbocycles. The second-order valence-electron chi connectivity index (χ2n) is 15.7. The molecule has 0 spiro atoms. The molecule has 18 nitrogen and oxygen atoms in total. The molecule has 2 saturated heterocycles. The SMILES string of the molecule is CC/C=C\C/C=C\C/C=C\C/C=C\C/C=C\C/C=C\CCC(=O)N[C@@H](Cc1ccc(OCCNC(=O)O[C@@H]2C(O)[C@@H](OC)OC(CO[C@H]3OC(COC)[C@@H](O)[C@H](O)C3O)[C@H]2O)cc1)C(=O)OC. The third kappa shape index (κ3) is 21.0. The third-order valence-electron chi connectivity index (χ3n) is 10.5. The molecule has 11 atom stereocenters. The fraction of sp³-hybridized carbons (Fsp3) is 0.571. The van der Waals surface area contributed by atoms with Gasteiger partial charge >= 0.3 is 12.1 Å². The van der Waals surface area contributed by atoms with Crippen molar-refractivity contribution < 1.29 is 77.8 Å². The second kappa shape index (κ2) is 32.9. The molecule has 2 heterocycles. The van der Waals surface area contributed by atoms with Gasteiger partial charge in [-0.25, -0.2) is 9.59 Å². The summed E-state index contributed by atoms with van der Waals surface area (Å²) >= 11 is 0. The van der Waals surface area contributed by atoms with Gasteiger partial charge in [0, 0.05) is 27.1 Å². The molecular formula is C49H72N2O16. The first-order valence-electron chi connectivity index (χ1n) is 22.7. The summed E-state index contributed by atoms with van der Waals surface area (Å²) in [5, 5.41) is 57.7. The molecule has 18 heteroatoms. The van der Waals surface area contributed by atoms with Gasteiger partial charge in [-0.05, 0) is 62.6 Å². The van der Waals surface area contributed by atoms with Crippen LogP contribution in [0.5, 0.6) is 5.75 Å². The molecule has 2 aliphatic heterocycles. The fourth-order valence-corrected chi connectivity index (χ4v) is 6.82. The van der Waals surface area contributed by atoms with E-state index in [1.165, 1.54) is 21.3 Å². The van der Waals surface area contributed by atoms with Crippen LogP contribution in [0.15, 0.2) is 97.2 Å². The number of rotatable bonds is 29. The Bertz CT molecular complexity index is 1750. The van der Waals surface area contributed by atoms with Gasteiger partial charge in [0.25, 0.3) is 0 Å². The summed E-state index contributed by atoms with van der Waals surface area (Å²) in [6.45, 7) is 1.54. The van der Waals surface area contributed by atoms with E-state index in [4.69, 9.17) is 37.9 Å². The zero-order valence-electron chi connectivity index (χ0n) is 39.0. The van der Waals surface area contributed by atoms with Gasteiger partial charge in [-0.3, -0.25) is 4.79 Å². The number of methoxy groups -OCH3 is 3. The quantitative estimate of drug-likeness (QED) is 0.0346. The van der Waals surface area contributed by atoms with Gasteiger partial charge in [-0.1, -0.05) is 92.0 Å². The highest BCUT2D eigenvalue weighted by atomic mass is 16.7. The number of allylic oxidation sites excluding steroid dienone is 12. The number of hydrogen-bond donors (Lipinski definition) is 7. The third-order valence-corrected chi connectivity index (χ3v) is 10.5. The van der Waals surface area contributed by atoms with E-state index in [9.17, 15) is 39.9 Å². The Kier molecular flexibility index (Phi) is 27.8. The Labute approximate surface area is 393 Å². The minimum Gasteiger partial charge on any atom is -0.492 e. The topological polar surface area (TPSA) is 250 Å². The summed E-state index contributed by atoms with van der Waals surface area (Å²) in [6, 6.07) is 5.93. The Morgan fingerprint density at radius 3 is 1.82 bits per heavy atom. The lowest BCUT2D eigenvalue weighted by Gasteiger charge is -2.43. The van der Waals surface area contributed by atoms with E-state index in [0.29, 0.717) is 12.2 Å². The first-order chi connectivity index (χ1) is 32.4. The van der Waals surface area contributed by atoms with E-state index in [-0.39, 0.29) is 38.5 Å². The van der Waals surface area contributed by atoms with Gasteiger partial charge in [0.2, 0.25) is 5.91 Å². The molecule has 1 aromatic rings. The van der Waals surface area contributed by atoms with Gasteiger partial charge in [0.15, 0.2) is 18.7 Å². The van der Waals surface area contributed by atoms with Crippen molar-refractivity contribution in [3.05, 3.63) is 103 Å². The van der Waals surface area contributed by atoms with Crippen LogP contribution in [0, 0.1) is 0 Å². The molecule has 0 saturated carbocycles. The number of alkyl carbamates (subject to hydrolysis) is 1. The number of aliphatic hydroxyl groups is 5. The summed E-state index contributed by atoms with van der Waals surface area (Å²) in [5.41, 5.74) is 0.738. The number of aliphatic hydroxyl groups excluding tert-OH is 5. The van der Waals surface area contributed by atoms with Crippen LogP contribution in [0.2, 0.25) is 0 Å². The predicted octanol–water partition coefficient (Wildman–Crippen LogP) is 3.40. The van der Waals surface area contributed by atoms with Gasteiger partial charge < -0.3 is 74.1 Å². The first kappa shape index (κ1) is 56.6. The van der Waals surface area contributed by atoms with Crippen LogP contribution in [0.3, 0.4) is 0 Å². The number of benzene rings is 1. The Morgan fingerprint density at radius 1 is 0.687 bits per heavy atom. The molecule has 7 N–H and O–H groups in total. The molecule has 67 heavy (non-hydrogen) atoms. The number of nitrogens with one attached hydrogen (secondary N) is 2. The van der Waals surface area contributed by atoms with Crippen LogP contribution in [-0.2, 0) is 49.2 Å². The van der Waals surface area contributed by atoms with Crippen molar-refractivity contribution in [3.8, 4) is 5.75 Å². The van der Waals surface area contributed by atoms with Crippen molar-refractivity contribution in [2.24, 2.45) is 0 Å². The highest BCUT2D eigenvalue weighted by Gasteiger charge is 2.49. The van der Waals surface area contributed by atoms with E-state index >= 15 is 0 Å². The molecule has 2 fully saturated rings. The van der Waals surface area contributed by atoms with Gasteiger partial charge in [-0.2, -0.15) is 0 Å². The summed E-state index contributed by atoms with van der Waals surface area (Å²) in [5.74, 6) is -0.395. The van der Waals surface area contributed by atoms with Gasteiger partial charge in [0.1, 0.15) is 61.1 Å². The zero-order valence-corrected chi connectivity index (χ0v) is 39.0. The zero-order chi connectivity index (χ0) is 48.8. The first-order valence-corrected chi connectivity index (χ1v) is 22.7. The average Bonchev–Trinajstić information content (AvgIpc) is 3.32. The molecule has 3 rings (SSSR count). The summed E-state index contributed by atoms with van der Waals surface area (Å²) in [7, 11) is 3.86. The molecule has 0 radical (unpaired) electrons. The van der Waals surface area contributed by atoms with E-state index in [2.05, 4.69) is 78.3 Å². The molecule has 0 bridgehead atoms. The van der Waals surface area contributed by atoms with Crippen molar-refractivity contribution in [2.75, 3.05) is 47.7 Å². The largest absolute Gasteiger partial charge is 0.492 e. The van der Waals surface area contributed by atoms with Crippen LogP contribution in [0.25, 0.3) is 0 Å². The number of esters is 1. The Balaban J connectivity index is 1.35. The molecule has 2 aliphatic rings. The number of ether oxygens (including phenoxy) is 8. The minimum absolute atomic E-state index is 0.0103. The smallest absolute Gasteiger partial charge is 0.407 e. The minimum atomic E-state index is -1.65. The Hall–Kier alpha value is -4.73. The van der Waals surface area contributed by atoms with E-state index in [1.54, 1.807) is 24.3 Å². The molecule has 0 aromatic heterocycles. The van der Waals surface area contributed by atoms with Crippen molar-refractivity contribution in [3.63, 3.8) is 0 Å². The molecule has 374 valence electrons. The maximum absolute atomic E-state index is 12.7. The lowest BCUT2D eigenvalue weighted by atomic mass is 9.98. The maximum atomic E-state index is 12.7. The van der Waals surface area contributed by atoms with Crippen molar-refractivity contribution in [2.45, 2.75) is 132 Å². The van der Waals surface area contributed by atoms with E-state index in [0.717, 1.165) is 44.1 Å². The number of amides is 2. The van der Waals surface area contributed by atoms with Crippen LogP contribution >= 0.6 is 0 Å². The van der Waals surface area contributed by atoms with Crippen molar-refractivity contribution in [1.82, 2.24) is 10.6 Å². The number of carbonyl (C=O) groups is 3. The fourth-order valence-electron chi connectivity index (χ4n) is 6.82. The van der Waals surface area contributed by atoms with Crippen LogP contribution < -0.4 is 15.4 Å². The van der Waals surface area contributed by atoms with Crippen LogP contribution in [-0.4, -0.2) is 159 Å². The predicted molar refractivity (Wildman–Crippen MR) is 248 cm³/mol. The lowest BCUT2D eigenvalue weighted by molar-refractivity contribution is -0.328. The normalized spacial score (nSPS) is 26.3. The molecule has 1 aromatic carbocycles. The second-order valence-corrected chi connectivity index (χ2v) is 15.7. The standard InChI is InChI=1S/C49H72N2O16/c1-5-6-7-8-9-10-11-12-13-14-15-16-17-18-19-20-21-22-23-24-39(52)51-36(46(58)61-3)31-34-25-27-35(28-26-34)63-30-29-50-49(59)67-45-41(54)38(65-47(62-4)44(45)57)33-64-48-43(56)42(55)40(53)37(66-48)32-60-2/h6-7,9-10,12-13,15-16,18-19,21-22,25-28,36-38,40-45,47-48,53-57H,5,8,11,14,17,20,23-24,29-33H2,1-4H3,(H,50,59)(H,51,52)/b7-6-,10-9-,13-12-,16-15-,19-18-,22-21-/t36-,37?,38?,40+,41+,42-,43?,44?,45-,47-,48-/m0/s1. The lowest BCUT2D eigenvalue weighted by Crippen LogP contribution is -2.62.